The van der Waals surface area contributed by atoms with Crippen LogP contribution in [0.1, 0.15) is 20.3 Å². The fraction of sp³-hybridized carbons (Fsp3) is 0.818. The third-order valence-corrected chi connectivity index (χ3v) is 5.47. The lowest BCUT2D eigenvalue weighted by atomic mass is 9.96. The largest absolute Gasteiger partial charge is 0.352 e. The molecule has 2 aliphatic rings. The molecule has 1 N–H and O–H groups in total. The minimum absolute atomic E-state index is 0.0733. The molecular formula is C11H18N2O4S. The third-order valence-electron chi connectivity index (χ3n) is 3.70. The topological polar surface area (TPSA) is 83.6 Å². The zero-order valence-corrected chi connectivity index (χ0v) is 11.4. The highest BCUT2D eigenvalue weighted by atomic mass is 32.2. The minimum Gasteiger partial charge on any atom is -0.352 e. The van der Waals surface area contributed by atoms with E-state index in [0.29, 0.717) is 19.5 Å². The number of carbonyl (C=O) groups excluding carboxylic acids is 2. The molecule has 0 aliphatic carbocycles. The van der Waals surface area contributed by atoms with Crippen molar-refractivity contribution in [1.82, 2.24) is 10.2 Å². The van der Waals surface area contributed by atoms with Gasteiger partial charge in [0.05, 0.1) is 17.4 Å². The van der Waals surface area contributed by atoms with Gasteiger partial charge in [-0.05, 0) is 20.3 Å². The van der Waals surface area contributed by atoms with E-state index in [1.807, 2.05) is 0 Å². The number of piperazine rings is 1. The van der Waals surface area contributed by atoms with E-state index in [9.17, 15) is 18.0 Å². The van der Waals surface area contributed by atoms with Crippen molar-refractivity contribution in [1.29, 1.82) is 0 Å². The van der Waals surface area contributed by atoms with Gasteiger partial charge < -0.3 is 10.2 Å². The van der Waals surface area contributed by atoms with Crippen LogP contribution in [-0.2, 0) is 19.4 Å². The highest BCUT2D eigenvalue weighted by molar-refractivity contribution is 7.91. The van der Waals surface area contributed by atoms with Crippen LogP contribution in [0.4, 0.5) is 0 Å². The maximum atomic E-state index is 12.3. The molecule has 2 amide bonds. The molecule has 1 unspecified atom stereocenters. The molecule has 1 atom stereocenters. The van der Waals surface area contributed by atoms with Crippen LogP contribution in [0.25, 0.3) is 0 Å². The number of sulfone groups is 1. The average molecular weight is 274 g/mol. The van der Waals surface area contributed by atoms with Gasteiger partial charge in [-0.2, -0.15) is 0 Å². The number of hydrogen-bond donors (Lipinski definition) is 1. The number of carbonyl (C=O) groups is 2. The molecule has 18 heavy (non-hydrogen) atoms. The van der Waals surface area contributed by atoms with Crippen LogP contribution in [-0.4, -0.2) is 55.3 Å². The van der Waals surface area contributed by atoms with Gasteiger partial charge in [-0.15, -0.1) is 0 Å². The van der Waals surface area contributed by atoms with Crippen molar-refractivity contribution in [2.75, 3.05) is 24.6 Å². The molecule has 0 spiro atoms. The third kappa shape index (κ3) is 2.23. The summed E-state index contributed by atoms with van der Waals surface area (Å²) in [5.41, 5.74) is -0.901. The average Bonchev–Trinajstić information content (AvgIpc) is 2.62. The summed E-state index contributed by atoms with van der Waals surface area (Å²) in [6.45, 7) is 4.23. The smallest absolute Gasteiger partial charge is 0.245 e. The van der Waals surface area contributed by atoms with Crippen molar-refractivity contribution in [3.63, 3.8) is 0 Å². The van der Waals surface area contributed by atoms with Gasteiger partial charge >= 0.3 is 0 Å². The van der Waals surface area contributed by atoms with E-state index in [2.05, 4.69) is 5.32 Å². The summed E-state index contributed by atoms with van der Waals surface area (Å²) in [6.07, 6.45) is 0.370. The molecule has 0 radical (unpaired) electrons. The molecule has 2 saturated heterocycles. The van der Waals surface area contributed by atoms with Gasteiger partial charge in [0, 0.05) is 13.1 Å². The van der Waals surface area contributed by atoms with Crippen LogP contribution in [0.2, 0.25) is 0 Å². The highest BCUT2D eigenvalue weighted by Crippen LogP contribution is 2.26. The van der Waals surface area contributed by atoms with Crippen molar-refractivity contribution in [3.05, 3.63) is 0 Å². The number of hydrogen-bond acceptors (Lipinski definition) is 4. The van der Waals surface area contributed by atoms with E-state index in [1.54, 1.807) is 13.8 Å². The molecule has 0 saturated carbocycles. The van der Waals surface area contributed by atoms with E-state index in [1.165, 1.54) is 4.90 Å². The Bertz CT molecular complexity index is 483. The lowest BCUT2D eigenvalue weighted by Gasteiger charge is -2.42. The zero-order valence-electron chi connectivity index (χ0n) is 10.6. The van der Waals surface area contributed by atoms with Crippen LogP contribution < -0.4 is 5.32 Å². The summed E-state index contributed by atoms with van der Waals surface area (Å²) in [5, 5.41) is 2.71. The number of nitrogens with zero attached hydrogens (tertiary/aromatic N) is 1. The maximum absolute atomic E-state index is 12.3. The molecule has 2 aliphatic heterocycles. The highest BCUT2D eigenvalue weighted by Gasteiger charge is 2.44. The van der Waals surface area contributed by atoms with Gasteiger partial charge in [-0.3, -0.25) is 9.59 Å². The molecule has 2 rings (SSSR count). The van der Waals surface area contributed by atoms with Gasteiger partial charge in [0.1, 0.15) is 5.54 Å². The molecule has 0 aromatic heterocycles. The first-order chi connectivity index (χ1) is 8.24. The van der Waals surface area contributed by atoms with Crippen LogP contribution in [0.5, 0.6) is 0 Å². The molecule has 7 heteroatoms. The molecule has 102 valence electrons. The standard InChI is InChI=1S/C11H18N2O4S/c1-11(2)10(15)12-4-5-13(11)9(14)8-3-6-18(16,17)7-8/h8H,3-7H2,1-2H3,(H,12,15). The van der Waals surface area contributed by atoms with Crippen LogP contribution in [0.15, 0.2) is 0 Å². The van der Waals surface area contributed by atoms with Crippen LogP contribution >= 0.6 is 0 Å². The second-order valence-corrected chi connectivity index (χ2v) is 7.63. The first-order valence-electron chi connectivity index (χ1n) is 6.04. The van der Waals surface area contributed by atoms with E-state index < -0.39 is 21.3 Å². The summed E-state index contributed by atoms with van der Waals surface area (Å²) >= 11 is 0. The summed E-state index contributed by atoms with van der Waals surface area (Å²) in [6, 6.07) is 0. The van der Waals surface area contributed by atoms with Crippen LogP contribution in [0, 0.1) is 5.92 Å². The normalized spacial score (nSPS) is 30.0. The SMILES string of the molecule is CC1(C)C(=O)NCCN1C(=O)C1CCS(=O)(=O)C1. The van der Waals surface area contributed by atoms with Crippen LogP contribution in [0.3, 0.4) is 0 Å². The fourth-order valence-electron chi connectivity index (χ4n) is 2.50. The monoisotopic (exact) mass is 274 g/mol. The van der Waals surface area contributed by atoms with E-state index in [4.69, 9.17) is 0 Å². The summed E-state index contributed by atoms with van der Waals surface area (Å²) in [7, 11) is -3.08. The maximum Gasteiger partial charge on any atom is 0.245 e. The minimum atomic E-state index is -3.08. The van der Waals surface area contributed by atoms with Gasteiger partial charge in [0.2, 0.25) is 11.8 Å². The molecule has 2 heterocycles. The Kier molecular flexibility index (Phi) is 3.12. The van der Waals surface area contributed by atoms with Gasteiger partial charge in [0.25, 0.3) is 0 Å². The quantitative estimate of drug-likeness (QED) is 0.675. The number of nitrogens with one attached hydrogen (secondary N) is 1. The second kappa shape index (κ2) is 4.22. The van der Waals surface area contributed by atoms with Gasteiger partial charge in [0.15, 0.2) is 9.84 Å². The lowest BCUT2D eigenvalue weighted by molar-refractivity contribution is -0.151. The zero-order chi connectivity index (χ0) is 13.6. The Morgan fingerprint density at radius 3 is 2.67 bits per heavy atom. The molecule has 2 fully saturated rings. The van der Waals surface area contributed by atoms with E-state index >= 15 is 0 Å². The summed E-state index contributed by atoms with van der Waals surface area (Å²) in [4.78, 5) is 25.6. The molecule has 0 bridgehead atoms. The van der Waals surface area contributed by atoms with E-state index in [-0.39, 0.29) is 23.3 Å². The summed E-state index contributed by atoms with van der Waals surface area (Å²) < 4.78 is 22.8. The van der Waals surface area contributed by atoms with E-state index in [0.717, 1.165) is 0 Å². The van der Waals surface area contributed by atoms with Crippen molar-refractivity contribution >= 4 is 21.7 Å². The predicted octanol–water partition coefficient (Wildman–Crippen LogP) is -0.842. The first kappa shape index (κ1) is 13.3. The molecular weight excluding hydrogens is 256 g/mol. The Labute approximate surface area is 107 Å². The van der Waals surface area contributed by atoms with Crippen molar-refractivity contribution in [2.24, 2.45) is 5.92 Å². The fourth-order valence-corrected chi connectivity index (χ4v) is 4.23. The van der Waals surface area contributed by atoms with Gasteiger partial charge in [-0.1, -0.05) is 0 Å². The lowest BCUT2D eigenvalue weighted by Crippen LogP contribution is -2.64. The second-order valence-electron chi connectivity index (χ2n) is 5.40. The Hall–Kier alpha value is -1.11. The Morgan fingerprint density at radius 1 is 1.44 bits per heavy atom. The molecule has 0 aromatic rings. The van der Waals surface area contributed by atoms with Crippen molar-refractivity contribution in [3.8, 4) is 0 Å². The Balaban J connectivity index is 2.16. The molecule has 0 aromatic carbocycles. The van der Waals surface area contributed by atoms with Crippen molar-refractivity contribution in [2.45, 2.75) is 25.8 Å². The Morgan fingerprint density at radius 2 is 2.11 bits per heavy atom. The summed E-state index contributed by atoms with van der Waals surface area (Å²) in [5.74, 6) is -0.900. The molecule has 6 nitrogen and oxygen atoms in total. The first-order valence-corrected chi connectivity index (χ1v) is 7.86. The van der Waals surface area contributed by atoms with Crippen molar-refractivity contribution < 1.29 is 18.0 Å². The van der Waals surface area contributed by atoms with Gasteiger partial charge in [-0.25, -0.2) is 8.42 Å². The number of rotatable bonds is 1. The number of amides is 2. The predicted molar refractivity (Wildman–Crippen MR) is 65.6 cm³/mol.